The molecule has 94 valence electrons. The molecule has 1 saturated heterocycles. The lowest BCUT2D eigenvalue weighted by Crippen LogP contribution is -2.33. The molecule has 0 aromatic heterocycles. The van der Waals surface area contributed by atoms with Gasteiger partial charge in [0.05, 0.1) is 0 Å². The maximum Gasteiger partial charge on any atom is 0.0409 e. The van der Waals surface area contributed by atoms with E-state index in [-0.39, 0.29) is 0 Å². The van der Waals surface area contributed by atoms with Gasteiger partial charge in [0, 0.05) is 29.7 Å². The fourth-order valence-electron chi connectivity index (χ4n) is 2.54. The highest BCUT2D eigenvalue weighted by molar-refractivity contribution is 6.30. The number of hydrogen-bond donors (Lipinski definition) is 1. The normalized spacial score (nSPS) is 27.3. The molecule has 1 aliphatic rings. The van der Waals surface area contributed by atoms with Crippen molar-refractivity contribution in [2.45, 2.75) is 38.4 Å². The van der Waals surface area contributed by atoms with E-state index in [1.807, 2.05) is 18.2 Å². The zero-order chi connectivity index (χ0) is 12.4. The molecular formula is C14H21ClN2. The Bertz CT molecular complexity index is 370. The summed E-state index contributed by atoms with van der Waals surface area (Å²) in [5, 5.41) is 4.50. The lowest BCUT2D eigenvalue weighted by Gasteiger charge is -2.19. The number of rotatable bonds is 3. The van der Waals surface area contributed by atoms with Crippen molar-refractivity contribution in [1.82, 2.24) is 10.2 Å². The summed E-state index contributed by atoms with van der Waals surface area (Å²) in [6.07, 6.45) is 1.22. The van der Waals surface area contributed by atoms with Gasteiger partial charge in [-0.1, -0.05) is 23.7 Å². The van der Waals surface area contributed by atoms with E-state index in [1.165, 1.54) is 12.0 Å². The first-order chi connectivity index (χ1) is 8.06. The van der Waals surface area contributed by atoms with Crippen LogP contribution in [0.5, 0.6) is 0 Å². The van der Waals surface area contributed by atoms with Crippen LogP contribution in [0, 0.1) is 0 Å². The zero-order valence-corrected chi connectivity index (χ0v) is 11.5. The molecule has 0 amide bonds. The summed E-state index contributed by atoms with van der Waals surface area (Å²) in [6.45, 7) is 5.62. The maximum atomic E-state index is 6.02. The van der Waals surface area contributed by atoms with Gasteiger partial charge in [0.2, 0.25) is 0 Å². The first-order valence-electron chi connectivity index (χ1n) is 6.28. The van der Waals surface area contributed by atoms with Crippen LogP contribution >= 0.6 is 11.6 Å². The number of nitrogens with zero attached hydrogens (tertiary/aromatic N) is 1. The van der Waals surface area contributed by atoms with Gasteiger partial charge in [0.25, 0.3) is 0 Å². The van der Waals surface area contributed by atoms with Gasteiger partial charge in [0.1, 0.15) is 0 Å². The molecule has 1 N–H and O–H groups in total. The molecule has 2 nitrogen and oxygen atoms in total. The smallest absolute Gasteiger partial charge is 0.0409 e. The van der Waals surface area contributed by atoms with Crippen LogP contribution in [-0.4, -0.2) is 30.6 Å². The van der Waals surface area contributed by atoms with Crippen LogP contribution in [0.4, 0.5) is 0 Å². The molecule has 1 aromatic carbocycles. The summed E-state index contributed by atoms with van der Waals surface area (Å²) in [5.74, 6) is 0. The fraction of sp³-hybridized carbons (Fsp3) is 0.571. The molecule has 0 radical (unpaired) electrons. The van der Waals surface area contributed by atoms with E-state index in [0.717, 1.165) is 11.6 Å². The van der Waals surface area contributed by atoms with Gasteiger partial charge in [0.15, 0.2) is 0 Å². The second-order valence-corrected chi connectivity index (χ2v) is 5.60. The first-order valence-corrected chi connectivity index (χ1v) is 6.66. The minimum absolute atomic E-state index is 0.359. The van der Waals surface area contributed by atoms with E-state index in [0.29, 0.717) is 18.1 Å². The summed E-state index contributed by atoms with van der Waals surface area (Å²) in [4.78, 5) is 2.41. The predicted octanol–water partition coefficient (Wildman–Crippen LogP) is 3.08. The third-order valence-corrected chi connectivity index (χ3v) is 3.96. The van der Waals surface area contributed by atoms with E-state index in [4.69, 9.17) is 11.6 Å². The number of likely N-dealkylation sites (N-methyl/N-ethyl adjacent to an activating group) is 1. The Morgan fingerprint density at radius 2 is 2.24 bits per heavy atom. The van der Waals surface area contributed by atoms with Crippen LogP contribution in [0.1, 0.15) is 31.9 Å². The van der Waals surface area contributed by atoms with E-state index in [2.05, 4.69) is 37.2 Å². The molecule has 1 aromatic rings. The fourth-order valence-corrected chi connectivity index (χ4v) is 2.74. The molecule has 2 rings (SSSR count). The highest BCUT2D eigenvalue weighted by Crippen LogP contribution is 2.21. The average molecular weight is 253 g/mol. The third-order valence-electron chi connectivity index (χ3n) is 3.72. The van der Waals surface area contributed by atoms with Gasteiger partial charge in [-0.2, -0.15) is 0 Å². The molecular weight excluding hydrogens is 232 g/mol. The van der Waals surface area contributed by atoms with Gasteiger partial charge in [-0.15, -0.1) is 0 Å². The minimum atomic E-state index is 0.359. The lowest BCUT2D eigenvalue weighted by molar-refractivity contribution is 0.325. The van der Waals surface area contributed by atoms with E-state index < -0.39 is 0 Å². The summed E-state index contributed by atoms with van der Waals surface area (Å²) in [6, 6.07) is 9.73. The number of benzene rings is 1. The molecule has 1 aliphatic heterocycles. The van der Waals surface area contributed by atoms with Crippen LogP contribution in [0.2, 0.25) is 5.02 Å². The summed E-state index contributed by atoms with van der Waals surface area (Å²) >= 11 is 6.02. The monoisotopic (exact) mass is 252 g/mol. The second-order valence-electron chi connectivity index (χ2n) is 5.16. The SMILES string of the molecule is CC1CC(N[C@@H](C)c2cccc(Cl)c2)CN1C. The van der Waals surface area contributed by atoms with Crippen LogP contribution in [0.15, 0.2) is 24.3 Å². The average Bonchev–Trinajstić information content (AvgIpc) is 2.58. The van der Waals surface area contributed by atoms with E-state index in [9.17, 15) is 0 Å². The molecule has 0 bridgehead atoms. The molecule has 2 unspecified atom stereocenters. The lowest BCUT2D eigenvalue weighted by atomic mass is 10.1. The molecule has 0 saturated carbocycles. The Hall–Kier alpha value is -0.570. The molecule has 1 fully saturated rings. The van der Waals surface area contributed by atoms with Crippen molar-refractivity contribution in [3.63, 3.8) is 0 Å². The van der Waals surface area contributed by atoms with Crippen molar-refractivity contribution in [2.24, 2.45) is 0 Å². The van der Waals surface area contributed by atoms with Crippen molar-refractivity contribution in [3.8, 4) is 0 Å². The highest BCUT2D eigenvalue weighted by atomic mass is 35.5. The van der Waals surface area contributed by atoms with Crippen molar-refractivity contribution in [1.29, 1.82) is 0 Å². The van der Waals surface area contributed by atoms with Gasteiger partial charge >= 0.3 is 0 Å². The van der Waals surface area contributed by atoms with Gasteiger partial charge in [-0.3, -0.25) is 0 Å². The zero-order valence-electron chi connectivity index (χ0n) is 10.8. The Balaban J connectivity index is 1.96. The van der Waals surface area contributed by atoms with Crippen molar-refractivity contribution >= 4 is 11.6 Å². The van der Waals surface area contributed by atoms with Gasteiger partial charge < -0.3 is 10.2 Å². The Morgan fingerprint density at radius 1 is 1.47 bits per heavy atom. The van der Waals surface area contributed by atoms with Crippen molar-refractivity contribution < 1.29 is 0 Å². The quantitative estimate of drug-likeness (QED) is 0.890. The summed E-state index contributed by atoms with van der Waals surface area (Å²) in [5.41, 5.74) is 1.26. The van der Waals surface area contributed by atoms with E-state index >= 15 is 0 Å². The first kappa shape index (κ1) is 12.9. The number of hydrogen-bond acceptors (Lipinski definition) is 2. The Labute approximate surface area is 109 Å². The number of halogens is 1. The molecule has 0 aliphatic carbocycles. The predicted molar refractivity (Wildman–Crippen MR) is 73.5 cm³/mol. The van der Waals surface area contributed by atoms with Gasteiger partial charge in [-0.05, 0) is 45.0 Å². The summed E-state index contributed by atoms with van der Waals surface area (Å²) < 4.78 is 0. The largest absolute Gasteiger partial charge is 0.306 e. The molecule has 3 atom stereocenters. The highest BCUT2D eigenvalue weighted by Gasteiger charge is 2.26. The molecule has 0 spiro atoms. The Kier molecular flexibility index (Phi) is 4.08. The van der Waals surface area contributed by atoms with Crippen LogP contribution in [-0.2, 0) is 0 Å². The van der Waals surface area contributed by atoms with Crippen LogP contribution in [0.3, 0.4) is 0 Å². The van der Waals surface area contributed by atoms with Crippen molar-refractivity contribution in [2.75, 3.05) is 13.6 Å². The summed E-state index contributed by atoms with van der Waals surface area (Å²) in [7, 11) is 2.19. The minimum Gasteiger partial charge on any atom is -0.306 e. The van der Waals surface area contributed by atoms with Gasteiger partial charge in [-0.25, -0.2) is 0 Å². The van der Waals surface area contributed by atoms with E-state index in [1.54, 1.807) is 0 Å². The third kappa shape index (κ3) is 3.21. The topological polar surface area (TPSA) is 15.3 Å². The number of likely N-dealkylation sites (tertiary alicyclic amines) is 1. The number of nitrogens with one attached hydrogen (secondary N) is 1. The van der Waals surface area contributed by atoms with Crippen LogP contribution in [0.25, 0.3) is 0 Å². The second kappa shape index (κ2) is 5.38. The Morgan fingerprint density at radius 3 is 2.82 bits per heavy atom. The standard InChI is InChI=1S/C14H21ClN2/c1-10-7-14(9-17(10)3)16-11(2)12-5-4-6-13(15)8-12/h4-6,8,10-11,14,16H,7,9H2,1-3H3/t10?,11-,14?/m0/s1. The maximum absolute atomic E-state index is 6.02. The van der Waals surface area contributed by atoms with Crippen LogP contribution < -0.4 is 5.32 Å². The molecule has 17 heavy (non-hydrogen) atoms. The molecule has 1 heterocycles. The van der Waals surface area contributed by atoms with Crippen molar-refractivity contribution in [3.05, 3.63) is 34.9 Å². The molecule has 3 heteroatoms.